The van der Waals surface area contributed by atoms with Crippen molar-refractivity contribution in [2.45, 2.75) is 97.3 Å². The van der Waals surface area contributed by atoms with Crippen LogP contribution in [0.1, 0.15) is 107 Å². The molecular weight excluding hydrogens is 1240 g/mol. The predicted molar refractivity (Wildman–Crippen MR) is 335 cm³/mol. The highest BCUT2D eigenvalue weighted by Gasteiger charge is 2.55. The zero-order chi connectivity index (χ0) is 65.9. The van der Waals surface area contributed by atoms with Crippen molar-refractivity contribution in [2.24, 2.45) is 26.5 Å². The van der Waals surface area contributed by atoms with Crippen LogP contribution in [0.2, 0.25) is 10.0 Å². The van der Waals surface area contributed by atoms with Crippen LogP contribution in [0, 0.1) is 10.8 Å². The molecule has 28 heteroatoms. The molecule has 0 spiro atoms. The maximum atomic E-state index is 15.0. The molecule has 0 radical (unpaired) electrons. The number of carbonyl (C=O) groups is 3. The molecule has 478 valence electrons. The summed E-state index contributed by atoms with van der Waals surface area (Å²) in [5.74, 6) is -0.243. The second-order valence-corrected chi connectivity index (χ2v) is 25.1. The van der Waals surface area contributed by atoms with Crippen molar-refractivity contribution in [1.82, 2.24) is 65.0 Å². The number of aliphatic hydroxyl groups excluding tert-OH is 2. The van der Waals surface area contributed by atoms with E-state index in [2.05, 4.69) is 45.9 Å². The highest BCUT2D eigenvalue weighted by molar-refractivity contribution is 6.33. The molecule has 4 aromatic heterocycles. The molecule has 4 atom stereocenters. The Labute approximate surface area is 535 Å². The third-order valence-electron chi connectivity index (χ3n) is 15.3. The van der Waals surface area contributed by atoms with Crippen LogP contribution in [0.3, 0.4) is 0 Å². The van der Waals surface area contributed by atoms with E-state index in [1.54, 1.807) is 97.1 Å². The van der Waals surface area contributed by atoms with Gasteiger partial charge in [-0.1, -0.05) is 156 Å². The first-order chi connectivity index (χ1) is 43.8. The van der Waals surface area contributed by atoms with E-state index < -0.39 is 72.8 Å². The average molecular weight is 1300 g/mol. The number of aromatic nitrogens is 10. The second-order valence-electron chi connectivity index (χ2n) is 24.3. The van der Waals surface area contributed by atoms with Crippen molar-refractivity contribution in [3.05, 3.63) is 191 Å². The number of carbonyl (C=O) groups excluding carboxylic acids is 3. The Kier molecular flexibility index (Phi) is 18.9. The average Bonchev–Trinajstić information content (AvgIpc) is 1.57. The number of halogens is 6. The molecule has 22 nitrogen and oxygen atoms in total. The van der Waals surface area contributed by atoms with Crippen LogP contribution in [0.25, 0.3) is 45.0 Å². The van der Waals surface area contributed by atoms with Gasteiger partial charge in [-0.2, -0.15) is 38.0 Å². The Balaban J connectivity index is 0.000000206. The highest BCUT2D eigenvalue weighted by atomic mass is 35.5. The van der Waals surface area contributed by atoms with Gasteiger partial charge in [0.15, 0.2) is 28.7 Å². The smallest absolute Gasteiger partial charge is 0.414 e. The summed E-state index contributed by atoms with van der Waals surface area (Å²) >= 11 is 12.9. The number of alkyl carbamates (subject to hydrolysis) is 1. The molecule has 2 aliphatic heterocycles. The fourth-order valence-corrected chi connectivity index (χ4v) is 11.7. The number of aliphatic hydroxyl groups is 2. The van der Waals surface area contributed by atoms with Crippen molar-refractivity contribution in [3.63, 3.8) is 0 Å². The summed E-state index contributed by atoms with van der Waals surface area (Å²) in [5.41, 5.74) is 8.81. The van der Waals surface area contributed by atoms with E-state index in [0.717, 1.165) is 5.56 Å². The van der Waals surface area contributed by atoms with E-state index in [0.29, 0.717) is 93.1 Å². The fraction of sp³-hybridized carbons (Fsp3) is 0.297. The van der Waals surface area contributed by atoms with Gasteiger partial charge in [0.05, 0.1) is 47.7 Å². The number of ether oxygens (including phenoxy) is 1. The Morgan fingerprint density at radius 1 is 0.630 bits per heavy atom. The molecule has 5 aromatic carbocycles. The van der Waals surface area contributed by atoms with Gasteiger partial charge in [-0.05, 0) is 86.9 Å². The third-order valence-corrected chi connectivity index (χ3v) is 15.9. The van der Waals surface area contributed by atoms with Gasteiger partial charge in [0, 0.05) is 34.6 Å². The van der Waals surface area contributed by atoms with Gasteiger partial charge < -0.3 is 20.7 Å². The zero-order valence-electron chi connectivity index (χ0n) is 50.5. The number of aliphatic imine (C=N–C) groups is 2. The largest absolute Gasteiger partial charge is 0.444 e. The summed E-state index contributed by atoms with van der Waals surface area (Å²) < 4.78 is 59.1. The molecule has 0 unspecified atom stereocenters. The second kappa shape index (κ2) is 26.7. The van der Waals surface area contributed by atoms with Gasteiger partial charge in [0.25, 0.3) is 11.8 Å². The van der Waals surface area contributed by atoms with Gasteiger partial charge in [-0.25, -0.2) is 34.1 Å². The zero-order valence-corrected chi connectivity index (χ0v) is 52.0. The van der Waals surface area contributed by atoms with Crippen LogP contribution in [-0.4, -0.2) is 113 Å². The van der Waals surface area contributed by atoms with E-state index in [-0.39, 0.29) is 30.4 Å². The topological polar surface area (TPSA) is 289 Å². The summed E-state index contributed by atoms with van der Waals surface area (Å²) in [4.78, 5) is 63.3. The van der Waals surface area contributed by atoms with Crippen LogP contribution in [0.4, 0.5) is 22.4 Å². The van der Waals surface area contributed by atoms with Crippen LogP contribution in [0.5, 0.6) is 0 Å². The van der Waals surface area contributed by atoms with E-state index in [1.807, 2.05) is 59.7 Å². The lowest BCUT2D eigenvalue weighted by Gasteiger charge is -2.34. The maximum absolute atomic E-state index is 15.0. The number of nitrogens with two attached hydrogens (primary N) is 1. The van der Waals surface area contributed by atoms with E-state index >= 15 is 4.79 Å². The monoisotopic (exact) mass is 1300 g/mol. The lowest BCUT2D eigenvalue weighted by atomic mass is 9.75. The fourth-order valence-electron chi connectivity index (χ4n) is 11.3. The van der Waals surface area contributed by atoms with Crippen molar-refractivity contribution >= 4 is 53.0 Å². The van der Waals surface area contributed by atoms with E-state index in [4.69, 9.17) is 43.7 Å². The first-order valence-electron chi connectivity index (χ1n) is 28.8. The standard InChI is InChI=1S/C36H35ClF2N8O4.C28H29ClF2N8O2/c1-35(2,3)20-36(26-12-9-23(10-13-26)25-16-42-46(17-25)32(38)39)31(49)47(33(44-36)43-34(50)51-19-22-7-5-4-6-8-22)29(18-48)24-11-14-28(37)27(15-24)30-40-21-41-45-30;1-27(2,3)14-28(19-7-4-16(5-8-19)18-11-35-38(12-18)25(30)31)24(41)39(26(32)36-28)22(13-40)17-6-9-21(29)20(10-17)23-33-15-34-37-23/h4-17,21,29,32,48H,18-20H2,1-3H3,(H,40,41,45)(H,43,44,50);4-12,15,22,25,40H,13-14H2,1-3H3,(H2,32,36)(H,33,34,37)/t29-,36-;22-,28-/m11/s1. The number of amides is 3. The van der Waals surface area contributed by atoms with Gasteiger partial charge in [0.2, 0.25) is 5.96 Å². The maximum Gasteiger partial charge on any atom is 0.414 e. The van der Waals surface area contributed by atoms with Crippen molar-refractivity contribution < 1.29 is 46.9 Å². The molecule has 0 fully saturated rings. The van der Waals surface area contributed by atoms with Gasteiger partial charge in [-0.3, -0.25) is 34.9 Å². The molecule has 92 heavy (non-hydrogen) atoms. The molecule has 9 aromatic rings. The summed E-state index contributed by atoms with van der Waals surface area (Å²) in [5, 5.41) is 45.6. The quantitative estimate of drug-likeness (QED) is 0.0436. The van der Waals surface area contributed by atoms with Crippen molar-refractivity contribution in [1.29, 1.82) is 0 Å². The molecule has 2 aliphatic rings. The number of hydrogen-bond donors (Lipinski definition) is 6. The molecule has 0 bridgehead atoms. The normalized spacial score (nSPS) is 17.4. The third kappa shape index (κ3) is 13.8. The Hall–Kier alpha value is -9.63. The number of nitrogens with zero attached hydrogens (tertiary/aromatic N) is 12. The number of rotatable bonds is 18. The first-order valence-corrected chi connectivity index (χ1v) is 29.6. The number of aromatic amines is 2. The summed E-state index contributed by atoms with van der Waals surface area (Å²) in [6.07, 6.45) is 7.53. The minimum Gasteiger partial charge on any atom is -0.444 e. The number of alkyl halides is 4. The SMILES string of the molecule is CC(C)(C)C[C@]1(c2ccc(-c3cnn(C(F)F)c3)cc2)N=C(N)N([C@H](CO)c2ccc(Cl)c(-c3ncn[nH]3)c2)C1=O.CC(C)(C)C[C@]1(c2ccc(-c3cnn(C(F)F)c3)cc2)N=C(NC(=O)OCc2ccccc2)N([C@H](CO)c2ccc(Cl)c(-c3ncn[nH]3)c2)C1=O. The molecule has 6 heterocycles. The number of H-pyrrole nitrogens is 2. The number of benzene rings is 5. The molecule has 3 amide bonds. The van der Waals surface area contributed by atoms with Crippen LogP contribution in [-0.2, 0) is 32.0 Å². The number of nitrogens with one attached hydrogen (secondary N) is 3. The van der Waals surface area contributed by atoms with Crippen LogP contribution < -0.4 is 11.1 Å². The van der Waals surface area contributed by atoms with Gasteiger partial charge in [0.1, 0.15) is 19.3 Å². The number of guanidine groups is 2. The van der Waals surface area contributed by atoms with E-state index in [1.165, 1.54) is 47.2 Å². The molecular formula is C64H64Cl2F4N16O6. The number of hydrogen-bond acceptors (Lipinski definition) is 15. The highest BCUT2D eigenvalue weighted by Crippen LogP contribution is 2.48. The molecule has 11 rings (SSSR count). The van der Waals surface area contributed by atoms with Gasteiger partial charge >= 0.3 is 19.2 Å². The minimum absolute atomic E-state index is 0.0308. The lowest BCUT2D eigenvalue weighted by molar-refractivity contribution is -0.135. The molecule has 7 N–H and O–H groups in total. The Morgan fingerprint density at radius 3 is 1.49 bits per heavy atom. The Bertz CT molecular complexity index is 4140. The first kappa shape index (κ1) is 65.3. The van der Waals surface area contributed by atoms with Crippen LogP contribution in [0.15, 0.2) is 163 Å². The Morgan fingerprint density at radius 2 is 1.08 bits per heavy atom. The molecule has 0 saturated heterocycles. The predicted octanol–water partition coefficient (Wildman–Crippen LogP) is 11.8. The molecule has 0 saturated carbocycles. The van der Waals surface area contributed by atoms with Gasteiger partial charge in [-0.15, -0.1) is 0 Å². The lowest BCUT2D eigenvalue weighted by Crippen LogP contribution is -2.49. The van der Waals surface area contributed by atoms with E-state index in [9.17, 15) is 37.4 Å². The van der Waals surface area contributed by atoms with Crippen molar-refractivity contribution in [3.8, 4) is 45.0 Å². The summed E-state index contributed by atoms with van der Waals surface area (Å²) in [6.45, 7) is 5.31. The molecule has 0 aliphatic carbocycles. The summed E-state index contributed by atoms with van der Waals surface area (Å²) in [6, 6.07) is 31.0. The van der Waals surface area contributed by atoms with Crippen molar-refractivity contribution in [2.75, 3.05) is 13.2 Å². The van der Waals surface area contributed by atoms with Crippen LogP contribution >= 0.6 is 23.2 Å². The summed E-state index contributed by atoms with van der Waals surface area (Å²) in [7, 11) is 0. The minimum atomic E-state index is -2.79.